The number of benzene rings is 2. The predicted molar refractivity (Wildman–Crippen MR) is 114 cm³/mol. The van der Waals surface area contributed by atoms with Gasteiger partial charge in [0.2, 0.25) is 0 Å². The number of nitrogens with one attached hydrogen (secondary N) is 2. The van der Waals surface area contributed by atoms with Crippen molar-refractivity contribution in [3.8, 4) is 11.4 Å². The lowest BCUT2D eigenvalue weighted by molar-refractivity contribution is 0.102. The molecule has 1 amide bonds. The van der Waals surface area contributed by atoms with Crippen LogP contribution < -0.4 is 15.4 Å². The van der Waals surface area contributed by atoms with Crippen LogP contribution in [0.5, 0.6) is 5.75 Å². The number of carbonyl (C=O) groups is 1. The zero-order valence-electron chi connectivity index (χ0n) is 16.5. The number of aromatic nitrogens is 2. The van der Waals surface area contributed by atoms with Gasteiger partial charge in [-0.2, -0.15) is 5.10 Å². The Morgan fingerprint density at radius 3 is 2.67 bits per heavy atom. The maximum Gasteiger partial charge on any atom is 0.259 e. The molecule has 0 radical (unpaired) electrons. The van der Waals surface area contributed by atoms with E-state index in [1.807, 2.05) is 0 Å². The van der Waals surface area contributed by atoms with Gasteiger partial charge >= 0.3 is 0 Å². The molecule has 0 unspecified atom stereocenters. The Bertz CT molecular complexity index is 1050. The Labute approximate surface area is 179 Å². The van der Waals surface area contributed by atoms with Crippen molar-refractivity contribution >= 4 is 23.2 Å². The Morgan fingerprint density at radius 2 is 1.97 bits per heavy atom. The summed E-state index contributed by atoms with van der Waals surface area (Å²) in [4.78, 5) is 13.2. The summed E-state index contributed by atoms with van der Waals surface area (Å²) in [6.07, 6.45) is 3.33. The Morgan fingerprint density at radius 1 is 1.23 bits per heavy atom. The van der Waals surface area contributed by atoms with E-state index in [-0.39, 0.29) is 17.6 Å². The van der Waals surface area contributed by atoms with Crippen LogP contribution in [0.4, 0.5) is 10.1 Å². The number of methoxy groups -OCH3 is 1. The van der Waals surface area contributed by atoms with Gasteiger partial charge in [-0.1, -0.05) is 11.6 Å². The van der Waals surface area contributed by atoms with Crippen LogP contribution in [0, 0.1) is 5.82 Å². The molecule has 8 heteroatoms. The molecule has 1 aromatic heterocycles. The van der Waals surface area contributed by atoms with Crippen molar-refractivity contribution in [2.75, 3.05) is 25.5 Å². The molecule has 6 nitrogen and oxygen atoms in total. The highest BCUT2D eigenvalue weighted by Crippen LogP contribution is 2.32. The van der Waals surface area contributed by atoms with Crippen molar-refractivity contribution in [2.24, 2.45) is 0 Å². The van der Waals surface area contributed by atoms with E-state index in [2.05, 4.69) is 15.7 Å². The zero-order valence-corrected chi connectivity index (χ0v) is 17.2. The van der Waals surface area contributed by atoms with E-state index >= 15 is 0 Å². The number of amides is 1. The third-order valence-corrected chi connectivity index (χ3v) is 5.49. The molecule has 0 bridgehead atoms. The molecule has 2 N–H and O–H groups in total. The second-order valence-electron chi connectivity index (χ2n) is 7.15. The fourth-order valence-corrected chi connectivity index (χ4v) is 3.95. The van der Waals surface area contributed by atoms with Crippen LogP contribution in [0.25, 0.3) is 5.69 Å². The molecular formula is C22H22ClFN4O2. The largest absolute Gasteiger partial charge is 0.495 e. The molecule has 1 aliphatic rings. The third-order valence-electron chi connectivity index (χ3n) is 5.26. The fraction of sp³-hybridized carbons (Fsp3) is 0.273. The lowest BCUT2D eigenvalue weighted by Gasteiger charge is -2.24. The number of nitrogens with zero attached hydrogens (tertiary/aromatic N) is 2. The summed E-state index contributed by atoms with van der Waals surface area (Å²) in [6, 6.07) is 11.1. The minimum absolute atomic E-state index is 0.154. The van der Waals surface area contributed by atoms with Gasteiger partial charge in [0.1, 0.15) is 11.6 Å². The molecule has 0 atom stereocenters. The second-order valence-corrected chi connectivity index (χ2v) is 7.59. The SMILES string of the molecule is COc1ccc(Cl)cc1NC(=O)c1cnn(-c2ccc(F)cc2)c1C1CCNCC1. The van der Waals surface area contributed by atoms with E-state index in [0.29, 0.717) is 27.7 Å². The van der Waals surface area contributed by atoms with Crippen LogP contribution in [-0.2, 0) is 0 Å². The van der Waals surface area contributed by atoms with Gasteiger partial charge in [-0.3, -0.25) is 4.79 Å². The maximum atomic E-state index is 13.4. The van der Waals surface area contributed by atoms with Crippen LogP contribution in [0.1, 0.15) is 34.8 Å². The molecule has 4 rings (SSSR count). The number of ether oxygens (including phenoxy) is 1. The van der Waals surface area contributed by atoms with Crippen molar-refractivity contribution in [3.63, 3.8) is 0 Å². The van der Waals surface area contributed by atoms with Crippen molar-refractivity contribution < 1.29 is 13.9 Å². The maximum absolute atomic E-state index is 13.4. The monoisotopic (exact) mass is 428 g/mol. The highest BCUT2D eigenvalue weighted by atomic mass is 35.5. The molecular weight excluding hydrogens is 407 g/mol. The van der Waals surface area contributed by atoms with E-state index < -0.39 is 0 Å². The topological polar surface area (TPSA) is 68.2 Å². The standard InChI is InChI=1S/C22H22ClFN4O2/c1-30-20-7-2-15(23)12-19(20)27-22(29)18-13-26-28(17-5-3-16(24)4-6-17)21(18)14-8-10-25-11-9-14/h2-7,12-14,25H,8-11H2,1H3,(H,27,29). The molecule has 156 valence electrons. The average Bonchev–Trinajstić information content (AvgIpc) is 3.20. The average molecular weight is 429 g/mol. The Hall–Kier alpha value is -2.90. The molecule has 1 aliphatic heterocycles. The molecule has 0 saturated carbocycles. The van der Waals surface area contributed by atoms with Crippen LogP contribution in [0.15, 0.2) is 48.7 Å². The number of anilines is 1. The number of rotatable bonds is 5. The number of hydrogen-bond acceptors (Lipinski definition) is 4. The van der Waals surface area contributed by atoms with Gasteiger partial charge < -0.3 is 15.4 Å². The minimum Gasteiger partial charge on any atom is -0.495 e. The van der Waals surface area contributed by atoms with Crippen LogP contribution in [0.2, 0.25) is 5.02 Å². The fourth-order valence-electron chi connectivity index (χ4n) is 3.78. The normalized spacial score (nSPS) is 14.5. The van der Waals surface area contributed by atoms with Gasteiger partial charge in [0, 0.05) is 10.9 Å². The van der Waals surface area contributed by atoms with Crippen LogP contribution in [-0.4, -0.2) is 35.9 Å². The van der Waals surface area contributed by atoms with Crippen molar-refractivity contribution in [1.29, 1.82) is 0 Å². The van der Waals surface area contributed by atoms with Crippen molar-refractivity contribution in [1.82, 2.24) is 15.1 Å². The second kappa shape index (κ2) is 8.85. The smallest absolute Gasteiger partial charge is 0.259 e. The Kier molecular flexibility index (Phi) is 6.01. The van der Waals surface area contributed by atoms with Crippen LogP contribution >= 0.6 is 11.6 Å². The molecule has 1 fully saturated rings. The molecule has 0 spiro atoms. The molecule has 3 aromatic rings. The summed E-state index contributed by atoms with van der Waals surface area (Å²) in [5.41, 5.74) is 2.50. The predicted octanol–water partition coefficient (Wildman–Crippen LogP) is 4.39. The quantitative estimate of drug-likeness (QED) is 0.632. The van der Waals surface area contributed by atoms with Crippen molar-refractivity contribution in [3.05, 3.63) is 70.8 Å². The van der Waals surface area contributed by atoms with Gasteiger partial charge in [-0.15, -0.1) is 0 Å². The summed E-state index contributed by atoms with van der Waals surface area (Å²) in [6.45, 7) is 1.73. The van der Waals surface area contributed by atoms with Gasteiger partial charge in [0.15, 0.2) is 0 Å². The number of halogens is 2. The van der Waals surface area contributed by atoms with E-state index in [0.717, 1.165) is 31.6 Å². The summed E-state index contributed by atoms with van der Waals surface area (Å²) in [5.74, 6) is 0.0562. The van der Waals surface area contributed by atoms with E-state index in [1.165, 1.54) is 19.2 Å². The first-order valence-electron chi connectivity index (χ1n) is 9.76. The van der Waals surface area contributed by atoms with Crippen LogP contribution in [0.3, 0.4) is 0 Å². The number of carbonyl (C=O) groups excluding carboxylic acids is 1. The van der Waals surface area contributed by atoms with E-state index in [4.69, 9.17) is 16.3 Å². The number of hydrogen-bond donors (Lipinski definition) is 2. The summed E-state index contributed by atoms with van der Waals surface area (Å²) < 4.78 is 20.5. The van der Waals surface area contributed by atoms with Crippen molar-refractivity contribution in [2.45, 2.75) is 18.8 Å². The lowest BCUT2D eigenvalue weighted by Crippen LogP contribution is -2.29. The zero-order chi connectivity index (χ0) is 21.1. The van der Waals surface area contributed by atoms with Gasteiger partial charge in [0.25, 0.3) is 5.91 Å². The highest BCUT2D eigenvalue weighted by molar-refractivity contribution is 6.31. The van der Waals surface area contributed by atoms with Gasteiger partial charge in [-0.25, -0.2) is 9.07 Å². The molecule has 30 heavy (non-hydrogen) atoms. The first kappa shape index (κ1) is 20.4. The molecule has 0 aliphatic carbocycles. The van der Waals surface area contributed by atoms with E-state index in [9.17, 15) is 9.18 Å². The summed E-state index contributed by atoms with van der Waals surface area (Å²) in [7, 11) is 1.53. The first-order chi connectivity index (χ1) is 14.6. The first-order valence-corrected chi connectivity index (χ1v) is 10.1. The Balaban J connectivity index is 1.73. The van der Waals surface area contributed by atoms with E-state index in [1.54, 1.807) is 41.2 Å². The lowest BCUT2D eigenvalue weighted by atomic mass is 9.91. The van der Waals surface area contributed by atoms with Gasteiger partial charge in [0.05, 0.1) is 35.9 Å². The highest BCUT2D eigenvalue weighted by Gasteiger charge is 2.27. The van der Waals surface area contributed by atoms with Gasteiger partial charge in [-0.05, 0) is 68.4 Å². The summed E-state index contributed by atoms with van der Waals surface area (Å²) >= 11 is 6.09. The number of piperidine rings is 1. The molecule has 2 aromatic carbocycles. The molecule has 2 heterocycles. The third kappa shape index (κ3) is 4.17. The minimum atomic E-state index is -0.319. The molecule has 1 saturated heterocycles. The summed E-state index contributed by atoms with van der Waals surface area (Å²) in [5, 5.41) is 11.2.